The minimum absolute atomic E-state index is 0. The van der Waals surface area contributed by atoms with Crippen molar-refractivity contribution in [3.05, 3.63) is 71.8 Å². The van der Waals surface area contributed by atoms with Crippen LogP contribution in [-0.4, -0.2) is 99.1 Å². The average Bonchev–Trinajstić information content (AvgIpc) is 3.63. The van der Waals surface area contributed by atoms with Crippen LogP contribution in [0.15, 0.2) is 60.7 Å². The van der Waals surface area contributed by atoms with Gasteiger partial charge in [-0.3, -0.25) is 14.6 Å². The first kappa shape index (κ1) is 33.6. The van der Waals surface area contributed by atoms with Crippen molar-refractivity contribution in [3.63, 3.8) is 0 Å². The van der Waals surface area contributed by atoms with Gasteiger partial charge in [-0.25, -0.2) is 0 Å². The molecule has 0 aromatic heterocycles. The van der Waals surface area contributed by atoms with E-state index in [9.17, 15) is 4.79 Å². The minimum Gasteiger partial charge on any atom is -0.381 e. The maximum absolute atomic E-state index is 11.5. The normalized spacial score (nSPS) is 23.2. The first-order valence-electron chi connectivity index (χ1n) is 15.9. The highest BCUT2D eigenvalue weighted by Crippen LogP contribution is 2.26. The molecule has 8 heteroatoms. The molecule has 0 radical (unpaired) electrons. The van der Waals surface area contributed by atoms with Crippen LogP contribution in [0.25, 0.3) is 0 Å². The monoisotopic (exact) mass is 594 g/mol. The fourth-order valence-corrected chi connectivity index (χ4v) is 6.48. The molecule has 238 valence electrons. The van der Waals surface area contributed by atoms with Crippen LogP contribution in [0.2, 0.25) is 0 Å². The number of carbonyl (C=O) groups is 1. The number of piperidine rings is 2. The number of amides is 1. The number of hydrogen-bond acceptors (Lipinski definition) is 7. The molecule has 0 atom stereocenters. The molecule has 43 heavy (non-hydrogen) atoms. The maximum atomic E-state index is 11.5. The predicted molar refractivity (Wildman–Crippen MR) is 172 cm³/mol. The molecule has 0 aliphatic carbocycles. The van der Waals surface area contributed by atoms with Gasteiger partial charge < -0.3 is 24.8 Å². The molecule has 2 aromatic carbocycles. The quantitative estimate of drug-likeness (QED) is 0.549. The SMILES string of the molecule is C.C1CCOC1.O=C1COCC2(CCN(Cc3ccccc3)CC2)N1.c1ccc(CN2CCC3(CC2)COCCN3)cc1. The molecule has 0 unspecified atom stereocenters. The summed E-state index contributed by atoms with van der Waals surface area (Å²) >= 11 is 0. The Labute approximate surface area is 259 Å². The summed E-state index contributed by atoms with van der Waals surface area (Å²) in [6.45, 7) is 12.1. The molecule has 0 bridgehead atoms. The standard InChI is InChI=1S/C15H20N2O2.C15H22N2O.C4H8O.CH4/c18-14-11-19-12-15(16-14)6-8-17(9-7-15)10-13-4-2-1-3-5-13;1-2-4-14(5-3-1)12-17-9-6-15(7-10-17)13-18-11-8-16-15;1-2-4-5-3-1;/h1-5H,6-12H2,(H,16,18);1-5,16H,6-13H2;1-4H2;1H4. The maximum Gasteiger partial charge on any atom is 0.246 e. The van der Waals surface area contributed by atoms with Crippen LogP contribution in [0.4, 0.5) is 0 Å². The molecule has 2 spiro atoms. The van der Waals surface area contributed by atoms with Crippen LogP contribution in [0.5, 0.6) is 0 Å². The lowest BCUT2D eigenvalue weighted by atomic mass is 9.87. The van der Waals surface area contributed by atoms with E-state index in [4.69, 9.17) is 14.2 Å². The van der Waals surface area contributed by atoms with Crippen molar-refractivity contribution in [1.82, 2.24) is 20.4 Å². The second-order valence-electron chi connectivity index (χ2n) is 12.4. The zero-order valence-corrected chi connectivity index (χ0v) is 25.2. The van der Waals surface area contributed by atoms with Gasteiger partial charge in [-0.15, -0.1) is 0 Å². The lowest BCUT2D eigenvalue weighted by Crippen LogP contribution is -2.61. The minimum atomic E-state index is -0.109. The average molecular weight is 595 g/mol. The number of nitrogens with one attached hydrogen (secondary N) is 2. The van der Waals surface area contributed by atoms with E-state index in [0.29, 0.717) is 6.61 Å². The molecular weight excluding hydrogens is 540 g/mol. The van der Waals surface area contributed by atoms with Crippen molar-refractivity contribution in [2.24, 2.45) is 0 Å². The summed E-state index contributed by atoms with van der Waals surface area (Å²) in [5.41, 5.74) is 2.93. The predicted octanol–water partition coefficient (Wildman–Crippen LogP) is 4.24. The van der Waals surface area contributed by atoms with E-state index in [1.165, 1.54) is 49.9 Å². The van der Waals surface area contributed by atoms with Gasteiger partial charge in [0.25, 0.3) is 0 Å². The zero-order chi connectivity index (χ0) is 28.9. The van der Waals surface area contributed by atoms with Gasteiger partial charge in [-0.05, 0) is 49.7 Å². The lowest BCUT2D eigenvalue weighted by molar-refractivity contribution is -0.137. The number of nitrogens with zero attached hydrogens (tertiary/aromatic N) is 2. The van der Waals surface area contributed by atoms with Gasteiger partial charge in [0.15, 0.2) is 0 Å². The van der Waals surface area contributed by atoms with Crippen LogP contribution in [-0.2, 0) is 32.1 Å². The Kier molecular flexibility index (Phi) is 13.5. The first-order chi connectivity index (χ1) is 20.6. The highest BCUT2D eigenvalue weighted by Gasteiger charge is 2.39. The van der Waals surface area contributed by atoms with E-state index in [2.05, 4.69) is 75.0 Å². The number of likely N-dealkylation sites (tertiary alicyclic amines) is 2. The summed E-state index contributed by atoms with van der Waals surface area (Å²) in [6.07, 6.45) is 6.93. The van der Waals surface area contributed by atoms with Crippen molar-refractivity contribution < 1.29 is 19.0 Å². The Morgan fingerprint density at radius 3 is 1.60 bits per heavy atom. The van der Waals surface area contributed by atoms with Crippen LogP contribution < -0.4 is 10.6 Å². The zero-order valence-electron chi connectivity index (χ0n) is 25.2. The number of benzene rings is 2. The molecule has 5 aliphatic heterocycles. The Balaban J connectivity index is 0.000000166. The smallest absolute Gasteiger partial charge is 0.246 e. The Hall–Kier alpha value is -2.33. The van der Waals surface area contributed by atoms with Gasteiger partial charge in [0, 0.05) is 64.6 Å². The second-order valence-corrected chi connectivity index (χ2v) is 12.4. The summed E-state index contributed by atoms with van der Waals surface area (Å²) in [6, 6.07) is 21.3. The Bertz CT molecular complexity index is 1030. The highest BCUT2D eigenvalue weighted by molar-refractivity contribution is 5.78. The summed E-state index contributed by atoms with van der Waals surface area (Å²) in [7, 11) is 0. The third-order valence-electron chi connectivity index (χ3n) is 9.09. The molecule has 7 rings (SSSR count). The summed E-state index contributed by atoms with van der Waals surface area (Å²) in [5.74, 6) is 0.0303. The van der Waals surface area contributed by atoms with E-state index in [0.717, 1.165) is 72.0 Å². The topological polar surface area (TPSA) is 75.3 Å². The van der Waals surface area contributed by atoms with Crippen molar-refractivity contribution in [1.29, 1.82) is 0 Å². The fraction of sp³-hybridized carbons (Fsp3) is 0.629. The van der Waals surface area contributed by atoms with Crippen molar-refractivity contribution >= 4 is 5.91 Å². The first-order valence-corrected chi connectivity index (χ1v) is 15.9. The van der Waals surface area contributed by atoms with Crippen molar-refractivity contribution in [2.45, 2.75) is 70.1 Å². The summed E-state index contributed by atoms with van der Waals surface area (Å²) in [4.78, 5) is 16.5. The van der Waals surface area contributed by atoms with Gasteiger partial charge >= 0.3 is 0 Å². The van der Waals surface area contributed by atoms with Crippen LogP contribution in [0.3, 0.4) is 0 Å². The highest BCUT2D eigenvalue weighted by atomic mass is 16.5. The molecule has 2 aromatic rings. The molecule has 5 aliphatic rings. The van der Waals surface area contributed by atoms with E-state index >= 15 is 0 Å². The van der Waals surface area contributed by atoms with Gasteiger partial charge in [-0.1, -0.05) is 68.1 Å². The number of rotatable bonds is 4. The van der Waals surface area contributed by atoms with Crippen LogP contribution in [0.1, 0.15) is 57.1 Å². The molecule has 8 nitrogen and oxygen atoms in total. The molecular formula is C35H54N4O4. The van der Waals surface area contributed by atoms with E-state index in [1.54, 1.807) is 0 Å². The number of ether oxygens (including phenoxy) is 3. The fourth-order valence-electron chi connectivity index (χ4n) is 6.48. The Morgan fingerprint density at radius 2 is 1.16 bits per heavy atom. The lowest BCUT2D eigenvalue weighted by Gasteiger charge is -2.44. The summed E-state index contributed by atoms with van der Waals surface area (Å²) < 4.78 is 16.0. The largest absolute Gasteiger partial charge is 0.381 e. The molecule has 5 heterocycles. The third-order valence-corrected chi connectivity index (χ3v) is 9.09. The molecule has 1 amide bonds. The van der Waals surface area contributed by atoms with E-state index < -0.39 is 0 Å². The van der Waals surface area contributed by atoms with Gasteiger partial charge in [0.1, 0.15) is 6.61 Å². The molecule has 0 saturated carbocycles. The molecule has 5 saturated heterocycles. The molecule has 5 fully saturated rings. The van der Waals surface area contributed by atoms with Gasteiger partial charge in [-0.2, -0.15) is 0 Å². The number of carbonyl (C=O) groups excluding carboxylic acids is 1. The Morgan fingerprint density at radius 1 is 0.651 bits per heavy atom. The van der Waals surface area contributed by atoms with Gasteiger partial charge in [0.05, 0.1) is 25.4 Å². The summed E-state index contributed by atoms with van der Waals surface area (Å²) in [5, 5.41) is 6.79. The molecule has 2 N–H and O–H groups in total. The van der Waals surface area contributed by atoms with Gasteiger partial charge in [0.2, 0.25) is 5.91 Å². The number of hydrogen-bond donors (Lipinski definition) is 2. The van der Waals surface area contributed by atoms with Crippen LogP contribution >= 0.6 is 0 Å². The second kappa shape index (κ2) is 17.2. The van der Waals surface area contributed by atoms with Crippen molar-refractivity contribution in [2.75, 3.05) is 72.4 Å². The number of morpholine rings is 2. The van der Waals surface area contributed by atoms with E-state index in [-0.39, 0.29) is 31.0 Å². The van der Waals surface area contributed by atoms with Crippen LogP contribution in [0, 0.1) is 0 Å². The van der Waals surface area contributed by atoms with Crippen molar-refractivity contribution in [3.8, 4) is 0 Å². The van der Waals surface area contributed by atoms with E-state index in [1.807, 2.05) is 6.07 Å². The third kappa shape index (κ3) is 10.7.